The number of benzene rings is 1. The van der Waals surface area contributed by atoms with Crippen molar-refractivity contribution in [1.82, 2.24) is 5.32 Å². The SMILES string of the molecule is NC(=O)[C@@H]1CCCC[C@@H]1NCc1cc(F)c(F)cc1F. The van der Waals surface area contributed by atoms with Crippen LogP contribution in [-0.4, -0.2) is 11.9 Å². The number of carbonyl (C=O) groups is 1. The Morgan fingerprint density at radius 2 is 1.80 bits per heavy atom. The molecule has 0 bridgehead atoms. The zero-order valence-electron chi connectivity index (χ0n) is 11.0. The number of hydrogen-bond acceptors (Lipinski definition) is 2. The Labute approximate surface area is 115 Å². The molecule has 0 aromatic heterocycles. The molecule has 110 valence electrons. The summed E-state index contributed by atoms with van der Waals surface area (Å²) in [6, 6.07) is 1.22. The lowest BCUT2D eigenvalue weighted by atomic mass is 9.84. The Bertz CT molecular complexity index is 507. The predicted molar refractivity (Wildman–Crippen MR) is 68.1 cm³/mol. The maximum atomic E-state index is 13.5. The van der Waals surface area contributed by atoms with Crippen LogP contribution in [0.3, 0.4) is 0 Å². The van der Waals surface area contributed by atoms with Crippen LogP contribution in [0.25, 0.3) is 0 Å². The maximum absolute atomic E-state index is 13.5. The Hall–Kier alpha value is -1.56. The Kier molecular flexibility index (Phi) is 4.65. The summed E-state index contributed by atoms with van der Waals surface area (Å²) in [5.41, 5.74) is 5.38. The van der Waals surface area contributed by atoms with E-state index in [0.29, 0.717) is 12.5 Å². The van der Waals surface area contributed by atoms with Crippen LogP contribution >= 0.6 is 0 Å². The molecule has 0 radical (unpaired) electrons. The molecule has 0 spiro atoms. The number of halogens is 3. The van der Waals surface area contributed by atoms with E-state index in [1.807, 2.05) is 0 Å². The highest BCUT2D eigenvalue weighted by Gasteiger charge is 2.29. The van der Waals surface area contributed by atoms with Crippen molar-refractivity contribution in [2.24, 2.45) is 11.7 Å². The third-order valence-electron chi connectivity index (χ3n) is 3.78. The summed E-state index contributed by atoms with van der Waals surface area (Å²) in [4.78, 5) is 11.3. The lowest BCUT2D eigenvalue weighted by molar-refractivity contribution is -0.123. The molecule has 1 aromatic rings. The van der Waals surface area contributed by atoms with Crippen LogP contribution in [0.15, 0.2) is 12.1 Å². The molecule has 1 fully saturated rings. The molecule has 0 aliphatic heterocycles. The first-order chi connectivity index (χ1) is 9.49. The van der Waals surface area contributed by atoms with Gasteiger partial charge in [0.15, 0.2) is 11.6 Å². The van der Waals surface area contributed by atoms with Gasteiger partial charge in [-0.25, -0.2) is 13.2 Å². The monoisotopic (exact) mass is 286 g/mol. The second kappa shape index (κ2) is 6.26. The van der Waals surface area contributed by atoms with Gasteiger partial charge in [0.25, 0.3) is 0 Å². The van der Waals surface area contributed by atoms with Gasteiger partial charge in [0.2, 0.25) is 5.91 Å². The summed E-state index contributed by atoms with van der Waals surface area (Å²) in [5.74, 6) is -3.77. The van der Waals surface area contributed by atoms with Crippen molar-refractivity contribution in [3.63, 3.8) is 0 Å². The molecule has 1 saturated carbocycles. The van der Waals surface area contributed by atoms with Crippen LogP contribution in [0.2, 0.25) is 0 Å². The van der Waals surface area contributed by atoms with E-state index >= 15 is 0 Å². The molecule has 20 heavy (non-hydrogen) atoms. The van der Waals surface area contributed by atoms with Crippen LogP contribution in [0.5, 0.6) is 0 Å². The lowest BCUT2D eigenvalue weighted by Crippen LogP contribution is -2.44. The van der Waals surface area contributed by atoms with Crippen molar-refractivity contribution in [1.29, 1.82) is 0 Å². The first kappa shape index (κ1) is 14.8. The van der Waals surface area contributed by atoms with Gasteiger partial charge in [-0.15, -0.1) is 0 Å². The lowest BCUT2D eigenvalue weighted by Gasteiger charge is -2.30. The van der Waals surface area contributed by atoms with Crippen LogP contribution in [-0.2, 0) is 11.3 Å². The highest BCUT2D eigenvalue weighted by atomic mass is 19.2. The van der Waals surface area contributed by atoms with Gasteiger partial charge in [-0.3, -0.25) is 4.79 Å². The molecule has 0 saturated heterocycles. The second-order valence-corrected chi connectivity index (χ2v) is 5.14. The third-order valence-corrected chi connectivity index (χ3v) is 3.78. The van der Waals surface area contributed by atoms with E-state index in [1.54, 1.807) is 0 Å². The third kappa shape index (κ3) is 3.30. The number of rotatable bonds is 4. The fourth-order valence-corrected chi connectivity index (χ4v) is 2.66. The van der Waals surface area contributed by atoms with E-state index in [0.717, 1.165) is 25.3 Å². The summed E-state index contributed by atoms with van der Waals surface area (Å²) < 4.78 is 39.4. The minimum atomic E-state index is -1.21. The molecule has 2 rings (SSSR count). The second-order valence-electron chi connectivity index (χ2n) is 5.14. The van der Waals surface area contributed by atoms with E-state index in [-0.39, 0.29) is 30.0 Å². The van der Waals surface area contributed by atoms with Gasteiger partial charge in [0, 0.05) is 24.2 Å². The molecule has 3 nitrogen and oxygen atoms in total. The van der Waals surface area contributed by atoms with Crippen LogP contribution in [0, 0.1) is 23.4 Å². The number of amides is 1. The summed E-state index contributed by atoms with van der Waals surface area (Å²) in [6.07, 6.45) is 3.36. The molecule has 1 aliphatic carbocycles. The number of carbonyl (C=O) groups excluding carboxylic acids is 1. The van der Waals surface area contributed by atoms with E-state index < -0.39 is 17.5 Å². The summed E-state index contributed by atoms with van der Waals surface area (Å²) >= 11 is 0. The van der Waals surface area contributed by atoms with Gasteiger partial charge in [-0.05, 0) is 18.9 Å². The number of hydrogen-bond donors (Lipinski definition) is 2. The Morgan fingerprint density at radius 3 is 2.50 bits per heavy atom. The van der Waals surface area contributed by atoms with Crippen LogP contribution in [0.4, 0.5) is 13.2 Å². The molecule has 1 amide bonds. The van der Waals surface area contributed by atoms with E-state index in [2.05, 4.69) is 5.32 Å². The van der Waals surface area contributed by atoms with Gasteiger partial charge >= 0.3 is 0 Å². The van der Waals surface area contributed by atoms with Crippen LogP contribution in [0.1, 0.15) is 31.2 Å². The average molecular weight is 286 g/mol. The smallest absolute Gasteiger partial charge is 0.222 e. The zero-order chi connectivity index (χ0) is 14.7. The van der Waals surface area contributed by atoms with Crippen molar-refractivity contribution in [3.8, 4) is 0 Å². The molecule has 3 N–H and O–H groups in total. The quantitative estimate of drug-likeness (QED) is 0.834. The van der Waals surface area contributed by atoms with Crippen molar-refractivity contribution >= 4 is 5.91 Å². The van der Waals surface area contributed by atoms with Gasteiger partial charge in [0.05, 0.1) is 5.92 Å². The van der Waals surface area contributed by atoms with E-state index in [1.165, 1.54) is 0 Å². The Morgan fingerprint density at radius 1 is 1.15 bits per heavy atom. The fourth-order valence-electron chi connectivity index (χ4n) is 2.66. The minimum Gasteiger partial charge on any atom is -0.369 e. The molecular formula is C14H17F3N2O. The highest BCUT2D eigenvalue weighted by Crippen LogP contribution is 2.24. The van der Waals surface area contributed by atoms with Crippen molar-refractivity contribution in [2.75, 3.05) is 0 Å². The topological polar surface area (TPSA) is 55.1 Å². The maximum Gasteiger partial charge on any atom is 0.222 e. The summed E-state index contributed by atoms with van der Waals surface area (Å²) in [7, 11) is 0. The Balaban J connectivity index is 2.04. The standard InChI is InChI=1S/C14H17F3N2O/c15-10-6-12(17)11(16)5-8(10)7-19-13-4-2-1-3-9(13)14(18)20/h5-6,9,13,19H,1-4,7H2,(H2,18,20)/t9-,13+/m1/s1. The molecule has 6 heteroatoms. The molecule has 0 heterocycles. The van der Waals surface area contributed by atoms with Crippen molar-refractivity contribution in [2.45, 2.75) is 38.3 Å². The van der Waals surface area contributed by atoms with Crippen molar-refractivity contribution in [3.05, 3.63) is 35.1 Å². The average Bonchev–Trinajstić information content (AvgIpc) is 2.41. The number of primary amides is 1. The fraction of sp³-hybridized carbons (Fsp3) is 0.500. The molecule has 1 aliphatic rings. The molecule has 2 atom stereocenters. The number of nitrogens with two attached hydrogens (primary N) is 1. The summed E-state index contributed by atoms with van der Waals surface area (Å²) in [5, 5.41) is 3.03. The number of nitrogens with one attached hydrogen (secondary N) is 1. The summed E-state index contributed by atoms with van der Waals surface area (Å²) in [6.45, 7) is 0.0392. The van der Waals surface area contributed by atoms with Gasteiger partial charge in [-0.2, -0.15) is 0 Å². The molecular weight excluding hydrogens is 269 g/mol. The predicted octanol–water partition coefficient (Wildman–Crippen LogP) is 2.24. The van der Waals surface area contributed by atoms with Gasteiger partial charge < -0.3 is 11.1 Å². The molecule has 0 unspecified atom stereocenters. The van der Waals surface area contributed by atoms with Crippen LogP contribution < -0.4 is 11.1 Å². The van der Waals surface area contributed by atoms with Gasteiger partial charge in [-0.1, -0.05) is 12.8 Å². The zero-order valence-corrected chi connectivity index (χ0v) is 11.0. The molecule has 1 aromatic carbocycles. The highest BCUT2D eigenvalue weighted by molar-refractivity contribution is 5.77. The van der Waals surface area contributed by atoms with E-state index in [4.69, 9.17) is 5.73 Å². The van der Waals surface area contributed by atoms with E-state index in [9.17, 15) is 18.0 Å². The van der Waals surface area contributed by atoms with Crippen molar-refractivity contribution < 1.29 is 18.0 Å². The normalized spacial score (nSPS) is 22.8. The van der Waals surface area contributed by atoms with Gasteiger partial charge in [0.1, 0.15) is 5.82 Å². The first-order valence-corrected chi connectivity index (χ1v) is 6.65. The first-order valence-electron chi connectivity index (χ1n) is 6.65. The largest absolute Gasteiger partial charge is 0.369 e. The minimum absolute atomic E-state index is 0.0392.